The van der Waals surface area contributed by atoms with Crippen LogP contribution in [-0.4, -0.2) is 59.1 Å². The highest BCUT2D eigenvalue weighted by atomic mass is 127. The van der Waals surface area contributed by atoms with Crippen molar-refractivity contribution in [3.8, 4) is 11.5 Å². The number of ether oxygens (including phenoxy) is 5. The number of hydrogen-bond donors (Lipinski definition) is 1. The standard InChI is InChI=1S/C24H28INO7/c1-5-33-24(28)22(26-19-12-11-17(30-3)13-20(19)31-4)21(18(25)14-32-15-29-2)23(27)16-9-7-6-8-10-16/h6-13,22,26H,5,14-15H2,1-4H3/b21-18+. The molecule has 33 heavy (non-hydrogen) atoms. The molecule has 0 heterocycles. The van der Waals surface area contributed by atoms with Gasteiger partial charge in [-0.3, -0.25) is 4.79 Å². The lowest BCUT2D eigenvalue weighted by Crippen LogP contribution is -2.37. The van der Waals surface area contributed by atoms with Crippen molar-refractivity contribution in [2.75, 3.05) is 46.7 Å². The predicted molar refractivity (Wildman–Crippen MR) is 133 cm³/mol. The molecule has 0 aliphatic heterocycles. The van der Waals surface area contributed by atoms with E-state index in [2.05, 4.69) is 5.32 Å². The maximum Gasteiger partial charge on any atom is 0.333 e. The molecule has 2 rings (SSSR count). The molecule has 1 N–H and O–H groups in total. The Kier molecular flexibility index (Phi) is 11.1. The number of carbonyl (C=O) groups is 2. The zero-order chi connectivity index (χ0) is 24.2. The molecule has 0 aliphatic rings. The van der Waals surface area contributed by atoms with E-state index in [-0.39, 0.29) is 31.4 Å². The highest BCUT2D eigenvalue weighted by molar-refractivity contribution is 14.1. The van der Waals surface area contributed by atoms with E-state index >= 15 is 0 Å². The number of hydrogen-bond acceptors (Lipinski definition) is 8. The van der Waals surface area contributed by atoms with Crippen LogP contribution < -0.4 is 14.8 Å². The molecule has 0 fully saturated rings. The number of rotatable bonds is 13. The summed E-state index contributed by atoms with van der Waals surface area (Å²) < 4.78 is 27.0. The van der Waals surface area contributed by atoms with Crippen LogP contribution in [0, 0.1) is 0 Å². The number of benzene rings is 2. The Bertz CT molecular complexity index is 963. The van der Waals surface area contributed by atoms with E-state index in [1.807, 2.05) is 28.7 Å². The zero-order valence-corrected chi connectivity index (χ0v) is 21.2. The molecule has 0 aromatic heterocycles. The molecule has 2 aromatic carbocycles. The molecule has 2 aromatic rings. The normalized spacial score (nSPS) is 12.4. The number of anilines is 1. The van der Waals surface area contributed by atoms with Crippen LogP contribution >= 0.6 is 22.6 Å². The summed E-state index contributed by atoms with van der Waals surface area (Å²) in [4.78, 5) is 26.6. The molecule has 9 heteroatoms. The lowest BCUT2D eigenvalue weighted by Gasteiger charge is -2.23. The topological polar surface area (TPSA) is 92.3 Å². The minimum atomic E-state index is -1.11. The summed E-state index contributed by atoms with van der Waals surface area (Å²) in [5, 5.41) is 3.13. The fourth-order valence-electron chi connectivity index (χ4n) is 3.00. The first-order chi connectivity index (χ1) is 16.0. The van der Waals surface area contributed by atoms with E-state index in [1.165, 1.54) is 14.2 Å². The van der Waals surface area contributed by atoms with E-state index in [0.29, 0.717) is 26.3 Å². The van der Waals surface area contributed by atoms with Crippen molar-refractivity contribution in [1.82, 2.24) is 0 Å². The molecular formula is C24H28INO7. The maximum atomic E-state index is 13.6. The fraction of sp³-hybridized carbons (Fsp3) is 0.333. The van der Waals surface area contributed by atoms with Gasteiger partial charge >= 0.3 is 5.97 Å². The Balaban J connectivity index is 2.57. The summed E-state index contributed by atoms with van der Waals surface area (Å²) in [6, 6.07) is 12.7. The summed E-state index contributed by atoms with van der Waals surface area (Å²) in [7, 11) is 4.56. The van der Waals surface area contributed by atoms with Crippen LogP contribution in [0.1, 0.15) is 17.3 Å². The summed E-state index contributed by atoms with van der Waals surface area (Å²) in [6.07, 6.45) is 0. The fourth-order valence-corrected chi connectivity index (χ4v) is 3.77. The molecular weight excluding hydrogens is 541 g/mol. The van der Waals surface area contributed by atoms with Gasteiger partial charge in [-0.2, -0.15) is 0 Å². The number of nitrogens with one attached hydrogen (secondary N) is 1. The highest BCUT2D eigenvalue weighted by Gasteiger charge is 2.33. The molecule has 1 unspecified atom stereocenters. The van der Waals surface area contributed by atoms with Crippen molar-refractivity contribution in [3.63, 3.8) is 0 Å². The van der Waals surface area contributed by atoms with E-state index in [9.17, 15) is 9.59 Å². The van der Waals surface area contributed by atoms with Gasteiger partial charge in [0.1, 0.15) is 18.3 Å². The minimum Gasteiger partial charge on any atom is -0.497 e. The van der Waals surface area contributed by atoms with Crippen LogP contribution in [0.5, 0.6) is 11.5 Å². The van der Waals surface area contributed by atoms with Crippen LogP contribution in [-0.2, 0) is 19.0 Å². The Morgan fingerprint density at radius 1 is 1.03 bits per heavy atom. The average molecular weight is 569 g/mol. The van der Waals surface area contributed by atoms with Gasteiger partial charge in [-0.1, -0.05) is 30.3 Å². The molecule has 0 radical (unpaired) electrons. The lowest BCUT2D eigenvalue weighted by atomic mass is 9.96. The largest absolute Gasteiger partial charge is 0.497 e. The van der Waals surface area contributed by atoms with Gasteiger partial charge in [-0.05, 0) is 41.6 Å². The zero-order valence-electron chi connectivity index (χ0n) is 19.1. The molecule has 0 bridgehead atoms. The van der Waals surface area contributed by atoms with E-state index in [4.69, 9.17) is 23.7 Å². The molecule has 178 valence electrons. The summed E-state index contributed by atoms with van der Waals surface area (Å²) in [5.41, 5.74) is 1.15. The first-order valence-electron chi connectivity index (χ1n) is 10.2. The first kappa shape index (κ1) is 26.6. The van der Waals surface area contributed by atoms with Gasteiger partial charge in [0.25, 0.3) is 0 Å². The van der Waals surface area contributed by atoms with Crippen molar-refractivity contribution in [3.05, 3.63) is 63.2 Å². The van der Waals surface area contributed by atoms with E-state index in [0.717, 1.165) is 0 Å². The van der Waals surface area contributed by atoms with Gasteiger partial charge in [0.15, 0.2) is 11.8 Å². The third kappa shape index (κ3) is 7.44. The van der Waals surface area contributed by atoms with Gasteiger partial charge in [-0.15, -0.1) is 0 Å². The molecule has 1 atom stereocenters. The second kappa shape index (κ2) is 13.8. The van der Waals surface area contributed by atoms with Gasteiger partial charge in [0.05, 0.1) is 33.1 Å². The van der Waals surface area contributed by atoms with Crippen molar-refractivity contribution in [2.24, 2.45) is 0 Å². The lowest BCUT2D eigenvalue weighted by molar-refractivity contribution is -0.143. The summed E-state index contributed by atoms with van der Waals surface area (Å²) >= 11 is 2.01. The van der Waals surface area contributed by atoms with Gasteiger partial charge in [-0.25, -0.2) is 4.79 Å². The van der Waals surface area contributed by atoms with Gasteiger partial charge < -0.3 is 29.0 Å². The molecule has 0 aliphatic carbocycles. The van der Waals surface area contributed by atoms with E-state index in [1.54, 1.807) is 56.5 Å². The second-order valence-corrected chi connectivity index (χ2v) is 7.97. The number of Topliss-reactive ketones (excluding diaryl/α,β-unsaturated/α-hetero) is 1. The summed E-state index contributed by atoms with van der Waals surface area (Å²) in [6.45, 7) is 1.99. The smallest absolute Gasteiger partial charge is 0.333 e. The third-order valence-corrected chi connectivity index (χ3v) is 5.41. The van der Waals surface area contributed by atoms with Crippen molar-refractivity contribution in [1.29, 1.82) is 0 Å². The van der Waals surface area contributed by atoms with Gasteiger partial charge in [0, 0.05) is 27.9 Å². The predicted octanol–water partition coefficient (Wildman–Crippen LogP) is 4.24. The van der Waals surface area contributed by atoms with Crippen LogP contribution in [0.2, 0.25) is 0 Å². The van der Waals surface area contributed by atoms with Crippen LogP contribution in [0.4, 0.5) is 5.69 Å². The second-order valence-electron chi connectivity index (χ2n) is 6.66. The number of halogens is 1. The van der Waals surface area contributed by atoms with Crippen LogP contribution in [0.25, 0.3) is 0 Å². The van der Waals surface area contributed by atoms with Crippen molar-refractivity contribution < 1.29 is 33.3 Å². The Hall–Kier alpha value is -2.63. The van der Waals surface area contributed by atoms with Crippen molar-refractivity contribution in [2.45, 2.75) is 13.0 Å². The number of carbonyl (C=O) groups excluding carboxylic acids is 2. The van der Waals surface area contributed by atoms with Crippen LogP contribution in [0.3, 0.4) is 0 Å². The van der Waals surface area contributed by atoms with E-state index < -0.39 is 12.0 Å². The molecule has 0 saturated carbocycles. The molecule has 0 amide bonds. The minimum absolute atomic E-state index is 0.0448. The van der Waals surface area contributed by atoms with Crippen molar-refractivity contribution >= 4 is 40.0 Å². The third-order valence-electron chi connectivity index (χ3n) is 4.52. The quantitative estimate of drug-likeness (QED) is 0.0957. The highest BCUT2D eigenvalue weighted by Crippen LogP contribution is 2.32. The Labute approximate surface area is 207 Å². The summed E-state index contributed by atoms with van der Waals surface area (Å²) in [5.74, 6) is 0.110. The molecule has 0 saturated heterocycles. The number of methoxy groups -OCH3 is 3. The first-order valence-corrected chi connectivity index (χ1v) is 11.2. The monoisotopic (exact) mass is 569 g/mol. The number of esters is 1. The Morgan fingerprint density at radius 2 is 1.76 bits per heavy atom. The van der Waals surface area contributed by atoms with Crippen LogP contribution in [0.15, 0.2) is 57.7 Å². The SMILES string of the molecule is CCOC(=O)C(Nc1ccc(OC)cc1OC)/C(C(=O)c1ccccc1)=C(\I)COCOC. The van der Waals surface area contributed by atoms with Gasteiger partial charge in [0.2, 0.25) is 0 Å². The maximum absolute atomic E-state index is 13.6. The average Bonchev–Trinajstić information content (AvgIpc) is 2.84. The number of ketones is 1. The Morgan fingerprint density at radius 3 is 2.36 bits per heavy atom. The molecule has 8 nitrogen and oxygen atoms in total. The molecule has 0 spiro atoms.